The van der Waals surface area contributed by atoms with E-state index in [0.717, 1.165) is 6.07 Å². The van der Waals surface area contributed by atoms with Gasteiger partial charge >= 0.3 is 0 Å². The highest BCUT2D eigenvalue weighted by Gasteiger charge is 2.29. The zero-order valence-corrected chi connectivity index (χ0v) is 11.5. The van der Waals surface area contributed by atoms with Gasteiger partial charge in [-0.05, 0) is 24.5 Å². The minimum absolute atomic E-state index is 0.138. The molecule has 0 aliphatic heterocycles. The number of rotatable bonds is 5. The lowest BCUT2D eigenvalue weighted by atomic mass is 9.94. The Hall–Kier alpha value is -1.82. The topological polar surface area (TPSA) is 64.9 Å². The van der Waals surface area contributed by atoms with E-state index < -0.39 is 17.2 Å². The Kier molecular flexibility index (Phi) is 4.13. The normalized spacial score (nSPS) is 11.8. The highest BCUT2D eigenvalue weighted by atomic mass is 19.1. The summed E-state index contributed by atoms with van der Waals surface area (Å²) < 4.78 is 31.6. The van der Waals surface area contributed by atoms with Gasteiger partial charge in [-0.25, -0.2) is 8.78 Å². The molecule has 1 heterocycles. The van der Waals surface area contributed by atoms with Crippen molar-refractivity contribution in [3.63, 3.8) is 0 Å². The minimum Gasteiger partial charge on any atom is -0.337 e. The molecule has 1 aromatic carbocycles. The Morgan fingerprint density at radius 3 is 2.55 bits per heavy atom. The van der Waals surface area contributed by atoms with Gasteiger partial charge in [0.25, 0.3) is 0 Å². The average molecular weight is 281 g/mol. The molecule has 6 heteroatoms. The van der Waals surface area contributed by atoms with Crippen LogP contribution in [0.1, 0.15) is 44.0 Å². The van der Waals surface area contributed by atoms with E-state index >= 15 is 0 Å². The van der Waals surface area contributed by atoms with E-state index in [9.17, 15) is 8.78 Å². The predicted molar refractivity (Wildman–Crippen MR) is 69.9 cm³/mol. The van der Waals surface area contributed by atoms with Crippen molar-refractivity contribution in [3.05, 3.63) is 47.1 Å². The molecular formula is C14H17F2N3O. The van der Waals surface area contributed by atoms with Gasteiger partial charge in [-0.1, -0.05) is 25.1 Å². The molecule has 0 aliphatic rings. The molecule has 4 nitrogen and oxygen atoms in total. The van der Waals surface area contributed by atoms with Crippen LogP contribution in [0.4, 0.5) is 8.78 Å². The summed E-state index contributed by atoms with van der Waals surface area (Å²) in [5.74, 6) is -0.554. The molecule has 2 aromatic rings. The Balaban J connectivity index is 2.21. The highest BCUT2D eigenvalue weighted by Crippen LogP contribution is 2.24. The second kappa shape index (κ2) is 5.66. The number of hydrogen-bond donors (Lipinski definition) is 1. The Labute approximate surface area is 116 Å². The summed E-state index contributed by atoms with van der Waals surface area (Å²) in [7, 11) is 0. The van der Waals surface area contributed by atoms with Crippen molar-refractivity contribution in [2.45, 2.75) is 38.6 Å². The molecule has 0 saturated carbocycles. The van der Waals surface area contributed by atoms with Crippen LogP contribution in [-0.4, -0.2) is 10.1 Å². The van der Waals surface area contributed by atoms with Gasteiger partial charge < -0.3 is 10.3 Å². The molecule has 0 unspecified atom stereocenters. The lowest BCUT2D eigenvalue weighted by Crippen LogP contribution is -2.35. The molecule has 0 amide bonds. The lowest BCUT2D eigenvalue weighted by Gasteiger charge is -2.20. The van der Waals surface area contributed by atoms with Gasteiger partial charge in [-0.3, -0.25) is 0 Å². The first kappa shape index (κ1) is 14.6. The quantitative estimate of drug-likeness (QED) is 0.915. The van der Waals surface area contributed by atoms with Crippen molar-refractivity contribution in [3.8, 4) is 0 Å². The molecule has 0 aliphatic carbocycles. The molecule has 2 N–H and O–H groups in total. The van der Waals surface area contributed by atoms with E-state index in [2.05, 4.69) is 10.1 Å². The smallest absolute Gasteiger partial charge is 0.246 e. The summed E-state index contributed by atoms with van der Waals surface area (Å²) in [6, 6.07) is 3.41. The summed E-state index contributed by atoms with van der Waals surface area (Å²) in [4.78, 5) is 4.22. The van der Waals surface area contributed by atoms with Crippen molar-refractivity contribution >= 4 is 0 Å². The number of hydrogen-bond acceptors (Lipinski definition) is 4. The monoisotopic (exact) mass is 281 g/mol. The van der Waals surface area contributed by atoms with Crippen LogP contribution in [0.5, 0.6) is 0 Å². The number of nitrogens with zero attached hydrogens (tertiary/aromatic N) is 2. The third kappa shape index (κ3) is 2.85. The predicted octanol–water partition coefficient (Wildman–Crippen LogP) is 2.91. The summed E-state index contributed by atoms with van der Waals surface area (Å²) in [6.45, 7) is 3.88. The molecule has 0 spiro atoms. The van der Waals surface area contributed by atoms with Crippen LogP contribution in [0.3, 0.4) is 0 Å². The van der Waals surface area contributed by atoms with Crippen molar-refractivity contribution < 1.29 is 13.3 Å². The largest absolute Gasteiger partial charge is 0.337 e. The molecule has 108 valence electrons. The molecule has 20 heavy (non-hydrogen) atoms. The second-order valence-corrected chi connectivity index (χ2v) is 4.79. The van der Waals surface area contributed by atoms with Crippen LogP contribution in [0.15, 0.2) is 22.7 Å². The fourth-order valence-corrected chi connectivity index (χ4v) is 1.92. The zero-order valence-electron chi connectivity index (χ0n) is 11.5. The number of benzene rings is 1. The van der Waals surface area contributed by atoms with Crippen LogP contribution in [0.2, 0.25) is 0 Å². The van der Waals surface area contributed by atoms with Crippen molar-refractivity contribution in [2.24, 2.45) is 5.73 Å². The summed E-state index contributed by atoms with van der Waals surface area (Å²) >= 11 is 0. The average Bonchev–Trinajstić information content (AvgIpc) is 2.90. The molecule has 0 saturated heterocycles. The van der Waals surface area contributed by atoms with Gasteiger partial charge in [0.05, 0.1) is 5.54 Å². The van der Waals surface area contributed by atoms with Crippen molar-refractivity contribution in [1.82, 2.24) is 10.1 Å². The van der Waals surface area contributed by atoms with Gasteiger partial charge in [-0.2, -0.15) is 4.98 Å². The zero-order chi connectivity index (χ0) is 14.8. The van der Waals surface area contributed by atoms with Crippen molar-refractivity contribution in [2.75, 3.05) is 0 Å². The maximum absolute atomic E-state index is 13.6. The Morgan fingerprint density at radius 1 is 1.25 bits per heavy atom. The first-order valence-corrected chi connectivity index (χ1v) is 6.54. The number of aromatic nitrogens is 2. The molecule has 0 radical (unpaired) electrons. The maximum atomic E-state index is 13.6. The molecule has 1 aromatic heterocycles. The molecular weight excluding hydrogens is 264 g/mol. The van der Waals surface area contributed by atoms with E-state index in [-0.39, 0.29) is 6.42 Å². The van der Waals surface area contributed by atoms with E-state index in [4.69, 9.17) is 10.3 Å². The van der Waals surface area contributed by atoms with Gasteiger partial charge in [-0.15, -0.1) is 0 Å². The standard InChI is InChI=1S/C14H17F2N3O/c1-3-14(17,4-2)13-18-12(19-20-13)7-9-5-6-10(15)8-11(9)16/h5-6,8H,3-4,7,17H2,1-2H3. The van der Waals surface area contributed by atoms with E-state index in [1.807, 2.05) is 13.8 Å². The van der Waals surface area contributed by atoms with Gasteiger partial charge in [0, 0.05) is 12.5 Å². The second-order valence-electron chi connectivity index (χ2n) is 4.79. The van der Waals surface area contributed by atoms with Crippen LogP contribution in [0, 0.1) is 11.6 Å². The Morgan fingerprint density at radius 2 is 1.95 bits per heavy atom. The third-order valence-corrected chi connectivity index (χ3v) is 3.52. The first-order valence-electron chi connectivity index (χ1n) is 6.54. The molecule has 0 bridgehead atoms. The lowest BCUT2D eigenvalue weighted by molar-refractivity contribution is 0.267. The number of nitrogens with two attached hydrogens (primary N) is 1. The fourth-order valence-electron chi connectivity index (χ4n) is 1.92. The SMILES string of the molecule is CCC(N)(CC)c1nc(Cc2ccc(F)cc2F)no1. The summed E-state index contributed by atoms with van der Waals surface area (Å²) in [6.07, 6.45) is 1.46. The first-order chi connectivity index (χ1) is 9.48. The van der Waals surface area contributed by atoms with Gasteiger partial charge in [0.2, 0.25) is 5.89 Å². The van der Waals surface area contributed by atoms with E-state index in [1.165, 1.54) is 12.1 Å². The molecule has 0 atom stereocenters. The maximum Gasteiger partial charge on any atom is 0.246 e. The molecule has 0 fully saturated rings. The fraction of sp³-hybridized carbons (Fsp3) is 0.429. The van der Waals surface area contributed by atoms with Crippen LogP contribution < -0.4 is 5.73 Å². The summed E-state index contributed by atoms with van der Waals surface area (Å²) in [5, 5.41) is 3.81. The van der Waals surface area contributed by atoms with Gasteiger partial charge in [0.15, 0.2) is 5.82 Å². The van der Waals surface area contributed by atoms with Crippen molar-refractivity contribution in [1.29, 1.82) is 0 Å². The minimum atomic E-state index is -0.660. The number of halogens is 2. The Bertz CT molecular complexity index is 594. The van der Waals surface area contributed by atoms with E-state index in [0.29, 0.717) is 30.1 Å². The van der Waals surface area contributed by atoms with Gasteiger partial charge in [0.1, 0.15) is 11.6 Å². The summed E-state index contributed by atoms with van der Waals surface area (Å²) in [5.41, 5.74) is 5.81. The third-order valence-electron chi connectivity index (χ3n) is 3.52. The van der Waals surface area contributed by atoms with Crippen LogP contribution in [0.25, 0.3) is 0 Å². The van der Waals surface area contributed by atoms with E-state index in [1.54, 1.807) is 0 Å². The highest BCUT2D eigenvalue weighted by molar-refractivity contribution is 5.22. The van der Waals surface area contributed by atoms with Crippen LogP contribution >= 0.6 is 0 Å². The van der Waals surface area contributed by atoms with Crippen LogP contribution in [-0.2, 0) is 12.0 Å². The molecule has 2 rings (SSSR count).